The molecule has 0 fully saturated rings. The molecule has 0 bridgehead atoms. The number of benzene rings is 1. The van der Waals surface area contributed by atoms with Crippen LogP contribution in [0.1, 0.15) is 31.1 Å². The maximum atomic E-state index is 12.3. The average molecular weight is 292 g/mol. The summed E-state index contributed by atoms with van der Waals surface area (Å²) < 4.78 is 5.45. The van der Waals surface area contributed by atoms with Gasteiger partial charge in [-0.1, -0.05) is 6.07 Å². The van der Waals surface area contributed by atoms with Crippen LogP contribution >= 0.6 is 0 Å². The van der Waals surface area contributed by atoms with Crippen LogP contribution in [0.5, 0.6) is 5.75 Å². The highest BCUT2D eigenvalue weighted by Gasteiger charge is 2.27. The molecule has 6 heteroatoms. The molecule has 6 nitrogen and oxygen atoms in total. The van der Waals surface area contributed by atoms with Gasteiger partial charge < -0.3 is 20.1 Å². The summed E-state index contributed by atoms with van der Waals surface area (Å²) >= 11 is 0. The van der Waals surface area contributed by atoms with E-state index in [2.05, 4.69) is 5.32 Å². The fraction of sp³-hybridized carbons (Fsp3) is 0.467. The molecule has 1 aromatic carbocycles. The number of nitrogens with zero attached hydrogens (tertiary/aromatic N) is 1. The summed E-state index contributed by atoms with van der Waals surface area (Å²) in [4.78, 5) is 25.1. The number of carboxylic acid groups (broad SMARTS) is 1. The van der Waals surface area contributed by atoms with Crippen molar-refractivity contribution in [1.82, 2.24) is 5.32 Å². The molecule has 0 radical (unpaired) electrons. The molecule has 0 aromatic heterocycles. The molecule has 1 amide bonds. The van der Waals surface area contributed by atoms with Crippen molar-refractivity contribution in [3.63, 3.8) is 0 Å². The van der Waals surface area contributed by atoms with Crippen LogP contribution in [0.15, 0.2) is 18.2 Å². The van der Waals surface area contributed by atoms with E-state index >= 15 is 0 Å². The predicted molar refractivity (Wildman–Crippen MR) is 79.0 cm³/mol. The Balaban J connectivity index is 2.24. The largest absolute Gasteiger partial charge is 0.489 e. The highest BCUT2D eigenvalue weighted by atomic mass is 16.5. The number of carboxylic acids is 1. The van der Waals surface area contributed by atoms with Crippen molar-refractivity contribution in [2.75, 3.05) is 24.6 Å². The van der Waals surface area contributed by atoms with Crippen LogP contribution in [0, 0.1) is 0 Å². The molecular weight excluding hydrogens is 272 g/mol. The van der Waals surface area contributed by atoms with E-state index in [9.17, 15) is 14.7 Å². The second-order valence-corrected chi connectivity index (χ2v) is 5.96. The molecule has 0 unspecified atom stereocenters. The lowest BCUT2D eigenvalue weighted by molar-refractivity contribution is -0.118. The average Bonchev–Trinajstić information content (AvgIpc) is 2.42. The Morgan fingerprint density at radius 3 is 2.71 bits per heavy atom. The van der Waals surface area contributed by atoms with Crippen molar-refractivity contribution in [3.8, 4) is 5.75 Å². The zero-order chi connectivity index (χ0) is 15.6. The molecule has 0 spiro atoms. The molecule has 114 valence electrons. The van der Waals surface area contributed by atoms with Gasteiger partial charge in [0.2, 0.25) is 5.91 Å². The minimum Gasteiger partial charge on any atom is -0.489 e. The summed E-state index contributed by atoms with van der Waals surface area (Å²) in [5.74, 6) is -0.897. The van der Waals surface area contributed by atoms with Gasteiger partial charge in [-0.25, -0.2) is 4.79 Å². The molecule has 1 aliphatic rings. The summed E-state index contributed by atoms with van der Waals surface area (Å²) in [6.45, 7) is 6.85. The number of hydrogen-bond donors (Lipinski definition) is 2. The van der Waals surface area contributed by atoms with Crippen molar-refractivity contribution in [2.45, 2.75) is 26.3 Å². The number of ether oxygens (including phenoxy) is 1. The number of nitrogens with one attached hydrogen (secondary N) is 1. The fourth-order valence-electron chi connectivity index (χ4n) is 2.11. The molecule has 0 atom stereocenters. The summed E-state index contributed by atoms with van der Waals surface area (Å²) in [6, 6.07) is 4.80. The lowest BCUT2D eigenvalue weighted by atomic mass is 10.1. The lowest BCUT2D eigenvalue weighted by Crippen LogP contribution is -2.47. The summed E-state index contributed by atoms with van der Waals surface area (Å²) in [6.07, 6.45) is 0. The molecule has 2 N–H and O–H groups in total. The second kappa shape index (κ2) is 5.73. The number of rotatable bonds is 3. The number of anilines is 1. The molecule has 1 aliphatic heterocycles. The van der Waals surface area contributed by atoms with Gasteiger partial charge in [-0.2, -0.15) is 0 Å². The fourth-order valence-corrected chi connectivity index (χ4v) is 2.11. The van der Waals surface area contributed by atoms with Crippen LogP contribution in [-0.2, 0) is 4.79 Å². The number of hydrogen-bond acceptors (Lipinski definition) is 4. The molecule has 2 rings (SSSR count). The monoisotopic (exact) mass is 292 g/mol. The van der Waals surface area contributed by atoms with Crippen LogP contribution in [0.3, 0.4) is 0 Å². The van der Waals surface area contributed by atoms with Gasteiger partial charge in [0.25, 0.3) is 0 Å². The van der Waals surface area contributed by atoms with Gasteiger partial charge in [0.15, 0.2) is 5.75 Å². The van der Waals surface area contributed by atoms with E-state index in [4.69, 9.17) is 4.74 Å². The van der Waals surface area contributed by atoms with Gasteiger partial charge in [0, 0.05) is 5.54 Å². The van der Waals surface area contributed by atoms with Gasteiger partial charge in [-0.05, 0) is 32.9 Å². The molecular formula is C15H20N2O4. The number of aromatic carboxylic acids is 1. The Morgan fingerprint density at radius 1 is 1.38 bits per heavy atom. The first-order valence-corrected chi connectivity index (χ1v) is 6.84. The van der Waals surface area contributed by atoms with Gasteiger partial charge in [0.1, 0.15) is 12.2 Å². The van der Waals surface area contributed by atoms with Crippen molar-refractivity contribution in [2.24, 2.45) is 0 Å². The predicted octanol–water partition coefficient (Wildman–Crippen LogP) is 1.50. The smallest absolute Gasteiger partial charge is 0.339 e. The van der Waals surface area contributed by atoms with Crippen molar-refractivity contribution < 1.29 is 19.4 Å². The molecule has 1 heterocycles. The Morgan fingerprint density at radius 2 is 2.10 bits per heavy atom. The number of fused-ring (bicyclic) bond motifs is 1. The second-order valence-electron chi connectivity index (χ2n) is 5.96. The van der Waals surface area contributed by atoms with Crippen LogP contribution in [0.2, 0.25) is 0 Å². The first-order chi connectivity index (χ1) is 9.79. The number of para-hydroxylation sites is 1. The Labute approximate surface area is 123 Å². The Bertz CT molecular complexity index is 563. The maximum Gasteiger partial charge on any atom is 0.339 e. The van der Waals surface area contributed by atoms with E-state index in [0.29, 0.717) is 18.8 Å². The standard InChI is InChI=1S/C15H20N2O4/c1-15(2,3)16-9-12(18)17-7-8-21-13-10(14(19)20)5-4-6-11(13)17/h4-6,16H,7-9H2,1-3H3,(H,19,20). The van der Waals surface area contributed by atoms with E-state index in [-0.39, 0.29) is 29.3 Å². The minimum atomic E-state index is -1.06. The van der Waals surface area contributed by atoms with Crippen LogP contribution in [0.4, 0.5) is 5.69 Å². The first kappa shape index (κ1) is 15.3. The summed E-state index contributed by atoms with van der Waals surface area (Å²) in [7, 11) is 0. The van der Waals surface area contributed by atoms with Gasteiger partial charge in [-0.3, -0.25) is 4.79 Å². The molecule has 1 aromatic rings. The van der Waals surface area contributed by atoms with Crippen molar-refractivity contribution >= 4 is 17.6 Å². The SMILES string of the molecule is CC(C)(C)NCC(=O)N1CCOc2c(C(=O)O)cccc21. The third-order valence-electron chi connectivity index (χ3n) is 3.15. The molecule has 0 aliphatic carbocycles. The van der Waals surface area contributed by atoms with Crippen LogP contribution < -0.4 is 15.0 Å². The van der Waals surface area contributed by atoms with E-state index in [1.54, 1.807) is 17.0 Å². The lowest BCUT2D eigenvalue weighted by Gasteiger charge is -2.31. The van der Waals surface area contributed by atoms with Gasteiger partial charge >= 0.3 is 5.97 Å². The maximum absolute atomic E-state index is 12.3. The zero-order valence-corrected chi connectivity index (χ0v) is 12.5. The summed E-state index contributed by atoms with van der Waals surface area (Å²) in [5, 5.41) is 12.3. The van der Waals surface area contributed by atoms with Crippen molar-refractivity contribution in [3.05, 3.63) is 23.8 Å². The minimum absolute atomic E-state index is 0.0776. The van der Waals surface area contributed by atoms with E-state index in [1.807, 2.05) is 20.8 Å². The summed E-state index contributed by atoms with van der Waals surface area (Å²) in [5.41, 5.74) is 0.434. The van der Waals surface area contributed by atoms with Gasteiger partial charge in [0.05, 0.1) is 18.8 Å². The topological polar surface area (TPSA) is 78.9 Å². The Hall–Kier alpha value is -2.08. The molecule has 21 heavy (non-hydrogen) atoms. The molecule has 0 saturated carbocycles. The third kappa shape index (κ3) is 3.52. The van der Waals surface area contributed by atoms with Crippen LogP contribution in [0.25, 0.3) is 0 Å². The zero-order valence-electron chi connectivity index (χ0n) is 12.5. The first-order valence-electron chi connectivity index (χ1n) is 6.84. The van der Waals surface area contributed by atoms with Gasteiger partial charge in [-0.15, -0.1) is 0 Å². The normalized spacial score (nSPS) is 14.3. The Kier molecular flexibility index (Phi) is 4.18. The van der Waals surface area contributed by atoms with E-state index < -0.39 is 5.97 Å². The number of carbonyl (C=O) groups is 2. The highest BCUT2D eigenvalue weighted by Crippen LogP contribution is 2.34. The third-order valence-corrected chi connectivity index (χ3v) is 3.15. The van der Waals surface area contributed by atoms with Crippen LogP contribution in [-0.4, -0.2) is 42.2 Å². The number of amides is 1. The quantitative estimate of drug-likeness (QED) is 0.882. The van der Waals surface area contributed by atoms with E-state index in [0.717, 1.165) is 0 Å². The van der Waals surface area contributed by atoms with E-state index in [1.165, 1.54) is 6.07 Å². The molecule has 0 saturated heterocycles. The van der Waals surface area contributed by atoms with Crippen molar-refractivity contribution in [1.29, 1.82) is 0 Å². The highest BCUT2D eigenvalue weighted by molar-refractivity contribution is 6.00. The number of carbonyl (C=O) groups excluding carboxylic acids is 1.